The first-order valence-electron chi connectivity index (χ1n) is 7.10. The van der Waals surface area contributed by atoms with Crippen molar-refractivity contribution in [1.82, 2.24) is 0 Å². The van der Waals surface area contributed by atoms with Crippen LogP contribution in [0.1, 0.15) is 39.5 Å². The molecule has 114 valence electrons. The molecular weight excluding hydrogens is 294 g/mol. The SMILES string of the molecule is CC(=O)C1=CC(Cl)CC(CC2=CCCC(C(C)(F)F)=C2)=C1. The number of rotatable bonds is 4. The number of hydrogen-bond acceptors (Lipinski definition) is 1. The average molecular weight is 313 g/mol. The van der Waals surface area contributed by atoms with Crippen molar-refractivity contribution in [3.8, 4) is 0 Å². The van der Waals surface area contributed by atoms with Crippen LogP contribution < -0.4 is 0 Å². The predicted octanol–water partition coefficient (Wildman–Crippen LogP) is 5.13. The molecule has 0 aromatic heterocycles. The van der Waals surface area contributed by atoms with Crippen LogP contribution in [0.4, 0.5) is 8.78 Å². The lowest BCUT2D eigenvalue weighted by atomic mass is 9.88. The third-order valence-electron chi connectivity index (χ3n) is 3.76. The fourth-order valence-corrected chi connectivity index (χ4v) is 3.01. The fourth-order valence-electron chi connectivity index (χ4n) is 2.67. The number of carbonyl (C=O) groups is 1. The van der Waals surface area contributed by atoms with Gasteiger partial charge in [-0.25, -0.2) is 8.78 Å². The van der Waals surface area contributed by atoms with Crippen LogP contribution in [0.3, 0.4) is 0 Å². The van der Waals surface area contributed by atoms with Crippen LogP contribution in [0.15, 0.2) is 46.6 Å². The van der Waals surface area contributed by atoms with Crippen molar-refractivity contribution in [2.24, 2.45) is 0 Å². The number of hydrogen-bond donors (Lipinski definition) is 0. The normalized spacial score (nSPS) is 23.0. The van der Waals surface area contributed by atoms with E-state index in [0.29, 0.717) is 31.3 Å². The van der Waals surface area contributed by atoms with Crippen LogP contribution in [-0.2, 0) is 4.79 Å². The minimum atomic E-state index is -2.76. The minimum absolute atomic E-state index is 0.0215. The van der Waals surface area contributed by atoms with Crippen LogP contribution in [0.25, 0.3) is 0 Å². The highest BCUT2D eigenvalue weighted by Crippen LogP contribution is 2.34. The summed E-state index contributed by atoms with van der Waals surface area (Å²) in [6.45, 7) is 2.44. The van der Waals surface area contributed by atoms with E-state index < -0.39 is 5.92 Å². The molecule has 0 aromatic carbocycles. The number of alkyl halides is 3. The van der Waals surface area contributed by atoms with Crippen molar-refractivity contribution in [2.45, 2.75) is 50.8 Å². The maximum atomic E-state index is 13.4. The molecule has 0 N–H and O–H groups in total. The van der Waals surface area contributed by atoms with Gasteiger partial charge in [-0.2, -0.15) is 0 Å². The first kappa shape index (κ1) is 16.2. The monoisotopic (exact) mass is 312 g/mol. The number of halogens is 3. The van der Waals surface area contributed by atoms with Crippen molar-refractivity contribution < 1.29 is 13.6 Å². The third-order valence-corrected chi connectivity index (χ3v) is 4.04. The van der Waals surface area contributed by atoms with E-state index in [2.05, 4.69) is 0 Å². The second-order valence-electron chi connectivity index (χ2n) is 5.75. The first-order chi connectivity index (χ1) is 9.75. The number of ketones is 1. The smallest absolute Gasteiger partial charge is 0.266 e. The average Bonchev–Trinajstić information content (AvgIpc) is 2.37. The van der Waals surface area contributed by atoms with Crippen molar-refractivity contribution in [2.75, 3.05) is 0 Å². The maximum Gasteiger partial charge on any atom is 0.266 e. The summed E-state index contributed by atoms with van der Waals surface area (Å²) in [4.78, 5) is 11.5. The highest BCUT2D eigenvalue weighted by atomic mass is 35.5. The van der Waals surface area contributed by atoms with E-state index in [4.69, 9.17) is 11.6 Å². The van der Waals surface area contributed by atoms with E-state index in [-0.39, 0.29) is 16.7 Å². The summed E-state index contributed by atoms with van der Waals surface area (Å²) in [6, 6.07) is 0. The highest BCUT2D eigenvalue weighted by molar-refractivity contribution is 6.22. The lowest BCUT2D eigenvalue weighted by Crippen LogP contribution is -2.16. The summed E-state index contributed by atoms with van der Waals surface area (Å²) in [7, 11) is 0. The van der Waals surface area contributed by atoms with Crippen LogP contribution in [-0.4, -0.2) is 17.1 Å². The van der Waals surface area contributed by atoms with Gasteiger partial charge in [-0.15, -0.1) is 11.6 Å². The van der Waals surface area contributed by atoms with E-state index >= 15 is 0 Å². The molecule has 0 saturated heterocycles. The van der Waals surface area contributed by atoms with Gasteiger partial charge in [0.2, 0.25) is 0 Å². The Morgan fingerprint density at radius 2 is 2.14 bits per heavy atom. The van der Waals surface area contributed by atoms with Crippen molar-refractivity contribution in [1.29, 1.82) is 0 Å². The quantitative estimate of drug-likeness (QED) is 0.658. The summed E-state index contributed by atoms with van der Waals surface area (Å²) in [5.74, 6) is -2.79. The van der Waals surface area contributed by atoms with E-state index in [9.17, 15) is 13.6 Å². The van der Waals surface area contributed by atoms with Gasteiger partial charge in [-0.05, 0) is 43.8 Å². The Balaban J connectivity index is 2.15. The van der Waals surface area contributed by atoms with Crippen LogP contribution in [0.2, 0.25) is 0 Å². The zero-order chi connectivity index (χ0) is 15.6. The molecule has 0 saturated carbocycles. The van der Waals surface area contributed by atoms with E-state index in [1.165, 1.54) is 6.92 Å². The zero-order valence-corrected chi connectivity index (χ0v) is 13.0. The number of allylic oxidation sites excluding steroid dienone is 8. The molecule has 2 rings (SSSR count). The van der Waals surface area contributed by atoms with Gasteiger partial charge in [0.25, 0.3) is 5.92 Å². The second-order valence-corrected chi connectivity index (χ2v) is 6.31. The van der Waals surface area contributed by atoms with Crippen molar-refractivity contribution in [3.05, 3.63) is 46.6 Å². The molecule has 0 bridgehead atoms. The molecule has 2 aliphatic carbocycles. The topological polar surface area (TPSA) is 17.1 Å². The van der Waals surface area contributed by atoms with Gasteiger partial charge < -0.3 is 0 Å². The first-order valence-corrected chi connectivity index (χ1v) is 7.53. The molecular formula is C17H19ClF2O. The van der Waals surface area contributed by atoms with Gasteiger partial charge in [-0.3, -0.25) is 4.79 Å². The largest absolute Gasteiger partial charge is 0.295 e. The molecule has 0 heterocycles. The summed E-state index contributed by atoms with van der Waals surface area (Å²) < 4.78 is 26.8. The van der Waals surface area contributed by atoms with Gasteiger partial charge in [-0.1, -0.05) is 29.9 Å². The Kier molecular flexibility index (Phi) is 4.82. The molecule has 21 heavy (non-hydrogen) atoms. The Hall–Kier alpha value is -1.22. The fraction of sp³-hybridized carbons (Fsp3) is 0.471. The van der Waals surface area contributed by atoms with Crippen molar-refractivity contribution >= 4 is 17.4 Å². The van der Waals surface area contributed by atoms with Gasteiger partial charge in [0.05, 0.1) is 5.38 Å². The molecule has 4 heteroatoms. The molecule has 0 fully saturated rings. The molecule has 0 amide bonds. The Labute approximate surface area is 129 Å². The molecule has 2 aliphatic rings. The van der Waals surface area contributed by atoms with Crippen LogP contribution >= 0.6 is 11.6 Å². The zero-order valence-electron chi connectivity index (χ0n) is 12.3. The van der Waals surface area contributed by atoms with Gasteiger partial charge >= 0.3 is 0 Å². The number of carbonyl (C=O) groups excluding carboxylic acids is 1. The Bertz CT molecular complexity index is 562. The Morgan fingerprint density at radius 1 is 1.43 bits per heavy atom. The molecule has 1 unspecified atom stereocenters. The summed E-state index contributed by atoms with van der Waals surface area (Å²) >= 11 is 6.14. The predicted molar refractivity (Wildman–Crippen MR) is 81.7 cm³/mol. The van der Waals surface area contributed by atoms with E-state index in [1.807, 2.05) is 12.2 Å². The summed E-state index contributed by atoms with van der Waals surface area (Å²) in [5.41, 5.74) is 2.70. The minimum Gasteiger partial charge on any atom is -0.295 e. The van der Waals surface area contributed by atoms with Gasteiger partial charge in [0, 0.05) is 12.5 Å². The van der Waals surface area contributed by atoms with Crippen molar-refractivity contribution in [3.63, 3.8) is 0 Å². The standard InChI is InChI=1S/C17H19ClF2O/c1-11(21)14-7-13(9-16(18)10-14)6-12-4-3-5-15(8-12)17(2,19)20/h4,7-8,10,16H,3,5-6,9H2,1-2H3. The lowest BCUT2D eigenvalue weighted by molar-refractivity contribution is -0.113. The second kappa shape index (κ2) is 6.27. The maximum absolute atomic E-state index is 13.4. The molecule has 0 aliphatic heterocycles. The summed E-state index contributed by atoms with van der Waals surface area (Å²) in [5, 5.41) is -0.204. The molecule has 1 atom stereocenters. The summed E-state index contributed by atoms with van der Waals surface area (Å²) in [6.07, 6.45) is 9.46. The van der Waals surface area contributed by atoms with E-state index in [0.717, 1.165) is 18.1 Å². The van der Waals surface area contributed by atoms with Crippen LogP contribution in [0.5, 0.6) is 0 Å². The molecule has 0 radical (unpaired) electrons. The molecule has 0 aromatic rings. The number of Topliss-reactive ketones (excluding diaryl/α,β-unsaturated/α-hetero) is 1. The van der Waals surface area contributed by atoms with Gasteiger partial charge in [0.15, 0.2) is 5.78 Å². The van der Waals surface area contributed by atoms with E-state index in [1.54, 1.807) is 12.2 Å². The Morgan fingerprint density at radius 3 is 2.76 bits per heavy atom. The molecule has 0 spiro atoms. The lowest BCUT2D eigenvalue weighted by Gasteiger charge is -2.21. The highest BCUT2D eigenvalue weighted by Gasteiger charge is 2.28. The van der Waals surface area contributed by atoms with Gasteiger partial charge in [0.1, 0.15) is 0 Å². The molecule has 1 nitrogen and oxygen atoms in total. The van der Waals surface area contributed by atoms with Crippen LogP contribution in [0, 0.1) is 0 Å². The third kappa shape index (κ3) is 4.37.